The molecule has 0 saturated carbocycles. The molecule has 3 rings (SSSR count). The van der Waals surface area contributed by atoms with Crippen LogP contribution in [0.15, 0.2) is 35.0 Å². The molecule has 0 aliphatic carbocycles. The third-order valence-corrected chi connectivity index (χ3v) is 3.60. The van der Waals surface area contributed by atoms with Gasteiger partial charge in [0.15, 0.2) is 11.5 Å². The summed E-state index contributed by atoms with van der Waals surface area (Å²) in [4.78, 5) is 11.8. The molecule has 0 saturated heterocycles. The Balaban J connectivity index is 1.56. The summed E-state index contributed by atoms with van der Waals surface area (Å²) < 4.78 is 10.5. The fourth-order valence-electron chi connectivity index (χ4n) is 1.89. The van der Waals surface area contributed by atoms with Crippen LogP contribution < -0.4 is 14.8 Å². The molecule has 0 fully saturated rings. The van der Waals surface area contributed by atoms with Crippen LogP contribution in [0.1, 0.15) is 11.1 Å². The van der Waals surface area contributed by atoms with Crippen molar-refractivity contribution in [3.8, 4) is 11.5 Å². The lowest BCUT2D eigenvalue weighted by Gasteiger charge is -2.05. The molecule has 98 valence electrons. The number of hydrogen-bond acceptors (Lipinski definition) is 4. The molecule has 1 N–H and O–H groups in total. The number of nitrogens with one attached hydrogen (secondary N) is 1. The van der Waals surface area contributed by atoms with E-state index in [0.717, 1.165) is 22.6 Å². The minimum Gasteiger partial charge on any atom is -0.454 e. The first-order valence-electron chi connectivity index (χ1n) is 5.97. The Bertz CT molecular complexity index is 580. The number of hydrogen-bond donors (Lipinski definition) is 1. The van der Waals surface area contributed by atoms with Crippen molar-refractivity contribution in [3.63, 3.8) is 0 Å². The molecule has 1 aromatic carbocycles. The van der Waals surface area contributed by atoms with E-state index in [1.807, 2.05) is 35.0 Å². The number of carbonyl (C=O) groups excluding carboxylic acids is 1. The summed E-state index contributed by atoms with van der Waals surface area (Å²) in [7, 11) is 0. The molecule has 0 unspecified atom stereocenters. The Hall–Kier alpha value is -2.01. The van der Waals surface area contributed by atoms with Crippen molar-refractivity contribution in [3.05, 3.63) is 46.2 Å². The van der Waals surface area contributed by atoms with Crippen LogP contribution in [0.3, 0.4) is 0 Å². The highest BCUT2D eigenvalue weighted by Gasteiger charge is 2.13. The third kappa shape index (κ3) is 2.88. The lowest BCUT2D eigenvalue weighted by molar-refractivity contribution is -0.120. The molecule has 5 heteroatoms. The summed E-state index contributed by atoms with van der Waals surface area (Å²) >= 11 is 1.60. The van der Waals surface area contributed by atoms with Gasteiger partial charge in [-0.1, -0.05) is 6.07 Å². The topological polar surface area (TPSA) is 47.6 Å². The van der Waals surface area contributed by atoms with Gasteiger partial charge < -0.3 is 14.8 Å². The smallest absolute Gasteiger partial charge is 0.231 e. The first kappa shape index (κ1) is 12.0. The molecule has 2 heterocycles. The molecule has 0 radical (unpaired) electrons. The maximum Gasteiger partial charge on any atom is 0.231 e. The van der Waals surface area contributed by atoms with Crippen LogP contribution in [-0.4, -0.2) is 12.7 Å². The Morgan fingerprint density at radius 1 is 1.21 bits per heavy atom. The predicted octanol–water partition coefficient (Wildman–Crippen LogP) is 2.34. The maximum absolute atomic E-state index is 11.8. The minimum absolute atomic E-state index is 0.0241. The van der Waals surface area contributed by atoms with E-state index >= 15 is 0 Å². The highest BCUT2D eigenvalue weighted by atomic mass is 32.1. The zero-order chi connectivity index (χ0) is 13.1. The summed E-state index contributed by atoms with van der Waals surface area (Å²) in [5.74, 6) is 1.52. The van der Waals surface area contributed by atoms with Gasteiger partial charge in [-0.2, -0.15) is 11.3 Å². The van der Waals surface area contributed by atoms with E-state index in [1.165, 1.54) is 0 Å². The molecular formula is C14H13NO3S. The monoisotopic (exact) mass is 275 g/mol. The van der Waals surface area contributed by atoms with Gasteiger partial charge in [-0.05, 0) is 40.1 Å². The van der Waals surface area contributed by atoms with Crippen molar-refractivity contribution in [1.29, 1.82) is 0 Å². The molecule has 0 atom stereocenters. The molecule has 1 aliphatic rings. The van der Waals surface area contributed by atoms with Crippen LogP contribution in [0.2, 0.25) is 0 Å². The second-order valence-corrected chi connectivity index (χ2v) is 5.05. The van der Waals surface area contributed by atoms with Crippen LogP contribution in [0.4, 0.5) is 0 Å². The van der Waals surface area contributed by atoms with Crippen molar-refractivity contribution in [1.82, 2.24) is 5.32 Å². The standard InChI is InChI=1S/C14H13NO3S/c16-14(6-11-3-4-19-8-11)15-7-10-1-2-12-13(5-10)18-9-17-12/h1-5,8H,6-7,9H2,(H,15,16). The van der Waals surface area contributed by atoms with Crippen molar-refractivity contribution in [2.75, 3.05) is 6.79 Å². The zero-order valence-electron chi connectivity index (χ0n) is 10.2. The van der Waals surface area contributed by atoms with E-state index in [2.05, 4.69) is 5.32 Å². The van der Waals surface area contributed by atoms with Gasteiger partial charge in [0.05, 0.1) is 6.42 Å². The van der Waals surface area contributed by atoms with Gasteiger partial charge in [0.2, 0.25) is 12.7 Å². The maximum atomic E-state index is 11.8. The molecule has 0 bridgehead atoms. The second kappa shape index (κ2) is 5.32. The van der Waals surface area contributed by atoms with Crippen LogP contribution in [-0.2, 0) is 17.8 Å². The normalized spacial score (nSPS) is 12.4. The van der Waals surface area contributed by atoms with Crippen LogP contribution in [0, 0.1) is 0 Å². The van der Waals surface area contributed by atoms with Crippen molar-refractivity contribution < 1.29 is 14.3 Å². The fraction of sp³-hybridized carbons (Fsp3) is 0.214. The number of benzene rings is 1. The molecule has 0 spiro atoms. The number of amides is 1. The van der Waals surface area contributed by atoms with Crippen LogP contribution in [0.25, 0.3) is 0 Å². The second-order valence-electron chi connectivity index (χ2n) is 4.27. The van der Waals surface area contributed by atoms with E-state index < -0.39 is 0 Å². The van der Waals surface area contributed by atoms with E-state index in [-0.39, 0.29) is 12.7 Å². The Labute approximate surface area is 115 Å². The van der Waals surface area contributed by atoms with Crippen LogP contribution >= 0.6 is 11.3 Å². The zero-order valence-corrected chi connectivity index (χ0v) is 11.0. The summed E-state index contributed by atoms with van der Waals surface area (Å²) in [5.41, 5.74) is 2.05. The lowest BCUT2D eigenvalue weighted by Crippen LogP contribution is -2.24. The summed E-state index contributed by atoms with van der Waals surface area (Å²) in [6, 6.07) is 7.65. The molecular weight excluding hydrogens is 262 g/mol. The number of fused-ring (bicyclic) bond motifs is 1. The average molecular weight is 275 g/mol. The molecule has 1 aromatic heterocycles. The van der Waals surface area contributed by atoms with Crippen molar-refractivity contribution in [2.45, 2.75) is 13.0 Å². The molecule has 1 aliphatic heterocycles. The third-order valence-electron chi connectivity index (χ3n) is 2.87. The van der Waals surface area contributed by atoms with E-state index in [9.17, 15) is 4.79 Å². The summed E-state index contributed by atoms with van der Waals surface area (Å²) in [6.07, 6.45) is 0.425. The van der Waals surface area contributed by atoms with E-state index in [0.29, 0.717) is 13.0 Å². The Kier molecular flexibility index (Phi) is 3.37. The minimum atomic E-state index is 0.0241. The Morgan fingerprint density at radius 2 is 2.11 bits per heavy atom. The number of carbonyl (C=O) groups is 1. The predicted molar refractivity (Wildman–Crippen MR) is 72.4 cm³/mol. The number of thiophene rings is 1. The Morgan fingerprint density at radius 3 is 2.95 bits per heavy atom. The quantitative estimate of drug-likeness (QED) is 0.931. The highest BCUT2D eigenvalue weighted by molar-refractivity contribution is 7.07. The van der Waals surface area contributed by atoms with Gasteiger partial charge >= 0.3 is 0 Å². The van der Waals surface area contributed by atoms with Gasteiger partial charge in [-0.15, -0.1) is 0 Å². The number of ether oxygens (including phenoxy) is 2. The van der Waals surface area contributed by atoms with Crippen LogP contribution in [0.5, 0.6) is 11.5 Å². The van der Waals surface area contributed by atoms with E-state index in [1.54, 1.807) is 11.3 Å². The summed E-state index contributed by atoms with van der Waals surface area (Å²) in [5, 5.41) is 6.86. The highest BCUT2D eigenvalue weighted by Crippen LogP contribution is 2.32. The molecule has 2 aromatic rings. The lowest BCUT2D eigenvalue weighted by atomic mass is 10.2. The van der Waals surface area contributed by atoms with Crippen molar-refractivity contribution >= 4 is 17.2 Å². The molecule has 1 amide bonds. The average Bonchev–Trinajstić information content (AvgIpc) is 3.06. The number of rotatable bonds is 4. The van der Waals surface area contributed by atoms with Crippen molar-refractivity contribution in [2.24, 2.45) is 0 Å². The van der Waals surface area contributed by atoms with Gasteiger partial charge in [-0.3, -0.25) is 4.79 Å². The SMILES string of the molecule is O=C(Cc1ccsc1)NCc1ccc2c(c1)OCO2. The van der Waals surface area contributed by atoms with Gasteiger partial charge in [0, 0.05) is 6.54 Å². The first-order chi connectivity index (χ1) is 9.31. The van der Waals surface area contributed by atoms with Gasteiger partial charge in [0.25, 0.3) is 0 Å². The summed E-state index contributed by atoms with van der Waals surface area (Å²) in [6.45, 7) is 0.767. The largest absolute Gasteiger partial charge is 0.454 e. The van der Waals surface area contributed by atoms with E-state index in [4.69, 9.17) is 9.47 Å². The van der Waals surface area contributed by atoms with Gasteiger partial charge in [-0.25, -0.2) is 0 Å². The molecule has 4 nitrogen and oxygen atoms in total. The fourth-order valence-corrected chi connectivity index (χ4v) is 2.56. The first-order valence-corrected chi connectivity index (χ1v) is 6.92. The molecule has 19 heavy (non-hydrogen) atoms. The van der Waals surface area contributed by atoms with Gasteiger partial charge in [0.1, 0.15) is 0 Å².